The molecule has 1 aliphatic heterocycles. The van der Waals surface area contributed by atoms with Gasteiger partial charge in [-0.15, -0.1) is 0 Å². The molecule has 2 fully saturated rings. The van der Waals surface area contributed by atoms with E-state index in [4.69, 9.17) is 16.7 Å². The zero-order chi connectivity index (χ0) is 22.1. The number of aromatic nitrogens is 3. The summed E-state index contributed by atoms with van der Waals surface area (Å²) in [5.41, 5.74) is 1.79. The topological polar surface area (TPSA) is 96.8 Å². The summed E-state index contributed by atoms with van der Waals surface area (Å²) in [6, 6.07) is 1.39. The summed E-state index contributed by atoms with van der Waals surface area (Å²) in [6.45, 7) is 5.27. The van der Waals surface area contributed by atoms with E-state index < -0.39 is 28.7 Å². The van der Waals surface area contributed by atoms with Crippen LogP contribution < -0.4 is 10.0 Å². The fraction of sp³-hybridized carbons (Fsp3) is 0.667. The average molecular weight is 463 g/mol. The van der Waals surface area contributed by atoms with Gasteiger partial charge in [0.2, 0.25) is 0 Å². The third-order valence-corrected chi connectivity index (χ3v) is 7.35. The van der Waals surface area contributed by atoms with Gasteiger partial charge in [0.1, 0.15) is 17.0 Å². The fourth-order valence-corrected chi connectivity index (χ4v) is 5.92. The van der Waals surface area contributed by atoms with Gasteiger partial charge in [-0.2, -0.15) is 17.8 Å². The number of alkyl halides is 2. The van der Waals surface area contributed by atoms with E-state index in [1.54, 1.807) is 4.52 Å². The van der Waals surface area contributed by atoms with Crippen molar-refractivity contribution in [1.29, 1.82) is 0 Å². The minimum absolute atomic E-state index is 0.118. The number of hydrogen-bond donors (Lipinski definition) is 1. The highest BCUT2D eigenvalue weighted by atomic mass is 35.5. The Morgan fingerprint density at radius 3 is 2.57 bits per heavy atom. The van der Waals surface area contributed by atoms with Crippen molar-refractivity contribution in [3.8, 4) is 0 Å². The van der Waals surface area contributed by atoms with Crippen LogP contribution in [-0.4, -0.2) is 58.9 Å². The van der Waals surface area contributed by atoms with E-state index in [-0.39, 0.29) is 11.3 Å². The summed E-state index contributed by atoms with van der Waals surface area (Å²) in [4.78, 5) is 6.56. The van der Waals surface area contributed by atoms with Crippen molar-refractivity contribution in [2.75, 3.05) is 24.5 Å². The second-order valence-corrected chi connectivity index (χ2v) is 10.9. The Bertz CT molecular complexity index is 1070. The minimum Gasteiger partial charge on any atom is -0.354 e. The van der Waals surface area contributed by atoms with Gasteiger partial charge in [-0.25, -0.2) is 23.4 Å². The van der Waals surface area contributed by atoms with Crippen LogP contribution in [0.3, 0.4) is 0 Å². The van der Waals surface area contributed by atoms with Gasteiger partial charge >= 0.3 is 0 Å². The number of rotatable bonds is 6. The van der Waals surface area contributed by atoms with Crippen molar-refractivity contribution in [3.63, 3.8) is 0 Å². The van der Waals surface area contributed by atoms with Crippen LogP contribution >= 0.6 is 11.6 Å². The van der Waals surface area contributed by atoms with Gasteiger partial charge in [-0.05, 0) is 30.4 Å². The lowest BCUT2D eigenvalue weighted by atomic mass is 9.60. The van der Waals surface area contributed by atoms with Gasteiger partial charge in [0.25, 0.3) is 16.1 Å². The molecule has 0 aromatic carbocycles. The quantitative estimate of drug-likeness (QED) is 0.711. The van der Waals surface area contributed by atoms with Gasteiger partial charge in [0.15, 0.2) is 5.82 Å². The van der Waals surface area contributed by atoms with Gasteiger partial charge in [-0.3, -0.25) is 0 Å². The summed E-state index contributed by atoms with van der Waals surface area (Å²) in [5.74, 6) is -2.13. The normalized spacial score (nSPS) is 19.7. The fourth-order valence-electron chi connectivity index (χ4n) is 4.70. The van der Waals surface area contributed by atoms with Crippen LogP contribution in [0.2, 0.25) is 5.15 Å². The number of halogens is 3. The summed E-state index contributed by atoms with van der Waals surface area (Å²) < 4.78 is 53.0. The smallest absolute Gasteiger partial charge is 0.277 e. The van der Waals surface area contributed by atoms with Crippen LogP contribution in [-0.2, 0) is 10.2 Å². The van der Waals surface area contributed by atoms with Crippen molar-refractivity contribution in [3.05, 3.63) is 23.1 Å². The lowest BCUT2D eigenvalue weighted by Gasteiger charge is -2.60. The van der Waals surface area contributed by atoms with Gasteiger partial charge in [0.05, 0.1) is 6.54 Å². The van der Waals surface area contributed by atoms with Crippen LogP contribution in [0.4, 0.5) is 14.6 Å². The molecule has 2 N–H and O–H groups in total. The van der Waals surface area contributed by atoms with Crippen LogP contribution in [0, 0.1) is 5.41 Å². The van der Waals surface area contributed by atoms with Crippen LogP contribution in [0.25, 0.3) is 5.52 Å². The number of hydrogen-bond acceptors (Lipinski definition) is 5. The van der Waals surface area contributed by atoms with E-state index >= 15 is 0 Å². The Balaban J connectivity index is 1.50. The zero-order valence-corrected chi connectivity index (χ0v) is 18.6. The summed E-state index contributed by atoms with van der Waals surface area (Å²) in [5, 5.41) is 9.95. The molecule has 0 atom stereocenters. The van der Waals surface area contributed by atoms with E-state index in [1.807, 2.05) is 6.07 Å². The maximum absolute atomic E-state index is 13.5. The third-order valence-electron chi connectivity index (χ3n) is 6.00. The van der Waals surface area contributed by atoms with Gasteiger partial charge < -0.3 is 4.90 Å². The van der Waals surface area contributed by atoms with Crippen molar-refractivity contribution < 1.29 is 17.2 Å². The average Bonchev–Trinajstić information content (AvgIpc) is 2.87. The van der Waals surface area contributed by atoms with Crippen molar-refractivity contribution in [2.45, 2.75) is 51.5 Å². The lowest BCUT2D eigenvalue weighted by Crippen LogP contribution is -2.68. The van der Waals surface area contributed by atoms with Crippen LogP contribution in [0.5, 0.6) is 0 Å². The highest BCUT2D eigenvalue weighted by Gasteiger charge is 2.56. The molecule has 4 rings (SSSR count). The van der Waals surface area contributed by atoms with Crippen molar-refractivity contribution in [2.24, 2.45) is 10.6 Å². The monoisotopic (exact) mass is 462 g/mol. The van der Waals surface area contributed by atoms with E-state index in [0.29, 0.717) is 38.0 Å². The summed E-state index contributed by atoms with van der Waals surface area (Å²) >= 11 is 6.32. The van der Waals surface area contributed by atoms with Crippen molar-refractivity contribution >= 4 is 33.1 Å². The Morgan fingerprint density at radius 1 is 1.40 bits per heavy atom. The predicted octanol–water partition coefficient (Wildman–Crippen LogP) is 2.64. The molecule has 3 heterocycles. The van der Waals surface area contributed by atoms with E-state index in [1.165, 1.54) is 6.33 Å². The first-order valence-corrected chi connectivity index (χ1v) is 11.6. The molecule has 8 nitrogen and oxygen atoms in total. The molecule has 1 aliphatic carbocycles. The van der Waals surface area contributed by atoms with Crippen LogP contribution in [0.15, 0.2) is 12.4 Å². The second kappa shape index (κ2) is 6.98. The Hall–Kier alpha value is -1.56. The molecule has 0 bridgehead atoms. The highest BCUT2D eigenvalue weighted by Crippen LogP contribution is 2.52. The molecule has 0 unspecified atom stereocenters. The largest absolute Gasteiger partial charge is 0.354 e. The molecule has 2 aromatic heterocycles. The number of nitrogens with two attached hydrogens (primary N) is 1. The molecular formula is C18H25ClF2N6O2S. The SMILES string of the molecule is CC(C)c1cc(Cl)n2ncnc(N3CC4(CC(N(CC(C)(F)F)S(N)(=O)=O)C4)C3)c12. The zero-order valence-electron chi connectivity index (χ0n) is 17.0. The minimum atomic E-state index is -4.20. The standard InChI is InChI=1S/C18H25ClF2N6O2S/c1-11(2)13-4-14(19)27-15(13)16(23-10-24-27)25-8-18(9-25)5-12(6-18)26(30(22,28)29)7-17(3,20)21/h4,10-12H,5-9H2,1-3H3,(H2,22,28,29). The van der Waals surface area contributed by atoms with Gasteiger partial charge in [0, 0.05) is 31.5 Å². The highest BCUT2D eigenvalue weighted by molar-refractivity contribution is 7.86. The van der Waals surface area contributed by atoms with Crippen LogP contribution in [0.1, 0.15) is 45.1 Å². The first-order chi connectivity index (χ1) is 13.8. The summed E-state index contributed by atoms with van der Waals surface area (Å²) in [7, 11) is -4.20. The van der Waals surface area contributed by atoms with Crippen molar-refractivity contribution in [1.82, 2.24) is 18.9 Å². The molecule has 166 valence electrons. The summed E-state index contributed by atoms with van der Waals surface area (Å²) in [6.07, 6.45) is 2.45. The molecular weight excluding hydrogens is 438 g/mol. The number of anilines is 1. The number of nitrogens with zero attached hydrogens (tertiary/aromatic N) is 5. The maximum atomic E-state index is 13.5. The predicted molar refractivity (Wildman–Crippen MR) is 110 cm³/mol. The van der Waals surface area contributed by atoms with Gasteiger partial charge in [-0.1, -0.05) is 25.4 Å². The van der Waals surface area contributed by atoms with E-state index in [0.717, 1.165) is 21.2 Å². The van der Waals surface area contributed by atoms with E-state index in [2.05, 4.69) is 28.8 Å². The first-order valence-electron chi connectivity index (χ1n) is 9.74. The molecule has 0 amide bonds. The maximum Gasteiger partial charge on any atom is 0.277 e. The molecule has 2 aliphatic rings. The molecule has 12 heteroatoms. The Labute approximate surface area is 179 Å². The number of fused-ring (bicyclic) bond motifs is 1. The molecule has 1 spiro atoms. The molecule has 2 aromatic rings. The lowest BCUT2D eigenvalue weighted by molar-refractivity contribution is -0.0416. The third kappa shape index (κ3) is 3.76. The molecule has 0 radical (unpaired) electrons. The van der Waals surface area contributed by atoms with E-state index in [9.17, 15) is 17.2 Å². The molecule has 1 saturated carbocycles. The second-order valence-electron chi connectivity index (χ2n) is 9.00. The first kappa shape index (κ1) is 21.7. The molecule has 1 saturated heterocycles. The Morgan fingerprint density at radius 2 is 2.03 bits per heavy atom. The molecule has 30 heavy (non-hydrogen) atoms. The Kier molecular flexibility index (Phi) is 5.04.